The maximum Gasteiger partial charge on any atom is 0.328 e. The molecule has 0 radical (unpaired) electrons. The van der Waals surface area contributed by atoms with Crippen LogP contribution < -0.4 is 0 Å². The Morgan fingerprint density at radius 1 is 1.16 bits per heavy atom. The molecule has 19 heavy (non-hydrogen) atoms. The van der Waals surface area contributed by atoms with Gasteiger partial charge in [-0.2, -0.15) is 4.31 Å². The van der Waals surface area contributed by atoms with Crippen molar-refractivity contribution < 1.29 is 18.3 Å². The highest BCUT2D eigenvalue weighted by Crippen LogP contribution is 2.21. The van der Waals surface area contributed by atoms with E-state index in [4.69, 9.17) is 5.11 Å². The second-order valence-electron chi connectivity index (χ2n) is 4.35. The Bertz CT molecular complexity index is 584. The average Bonchev–Trinajstić information content (AvgIpc) is 2.91. The fourth-order valence-corrected chi connectivity index (χ4v) is 3.51. The lowest BCUT2D eigenvalue weighted by atomic mass is 10.2. The van der Waals surface area contributed by atoms with E-state index in [1.165, 1.54) is 22.5 Å². The first-order valence-corrected chi connectivity index (χ1v) is 7.45. The van der Waals surface area contributed by atoms with E-state index in [-0.39, 0.29) is 4.90 Å². The van der Waals surface area contributed by atoms with Crippen molar-refractivity contribution in [2.75, 3.05) is 13.1 Å². The first-order chi connectivity index (χ1) is 9.00. The normalized spacial score (nSPS) is 17.1. The summed E-state index contributed by atoms with van der Waals surface area (Å²) in [5.74, 6) is -1.03. The minimum Gasteiger partial charge on any atom is -0.478 e. The number of hydrogen-bond donors (Lipinski definition) is 1. The standard InChI is InChI=1S/C13H15NO4S/c15-13(16)8-5-11-3-6-12(7-4-11)19(17,18)14-9-1-2-10-14/h3-8H,1-2,9-10H2,(H,15,16)/b8-5+. The summed E-state index contributed by atoms with van der Waals surface area (Å²) in [5.41, 5.74) is 0.655. The summed E-state index contributed by atoms with van der Waals surface area (Å²) in [6, 6.07) is 6.22. The molecule has 0 aromatic heterocycles. The molecule has 0 amide bonds. The molecular formula is C13H15NO4S. The van der Waals surface area contributed by atoms with Gasteiger partial charge in [0.15, 0.2) is 0 Å². The van der Waals surface area contributed by atoms with Gasteiger partial charge in [-0.25, -0.2) is 13.2 Å². The average molecular weight is 281 g/mol. The van der Waals surface area contributed by atoms with E-state index in [1.807, 2.05) is 0 Å². The van der Waals surface area contributed by atoms with Gasteiger partial charge in [-0.1, -0.05) is 12.1 Å². The van der Waals surface area contributed by atoms with Crippen LogP contribution in [0, 0.1) is 0 Å². The second kappa shape index (κ2) is 5.54. The summed E-state index contributed by atoms with van der Waals surface area (Å²) >= 11 is 0. The SMILES string of the molecule is O=C(O)/C=C/c1ccc(S(=O)(=O)N2CCCC2)cc1. The minimum atomic E-state index is -3.39. The van der Waals surface area contributed by atoms with Crippen LogP contribution in [0.4, 0.5) is 0 Å². The molecule has 1 aromatic rings. The van der Waals surface area contributed by atoms with Gasteiger partial charge in [0.2, 0.25) is 10.0 Å². The van der Waals surface area contributed by atoms with Crippen LogP contribution in [0.1, 0.15) is 18.4 Å². The molecule has 1 aromatic carbocycles. The predicted octanol–water partition coefficient (Wildman–Crippen LogP) is 1.57. The van der Waals surface area contributed by atoms with Gasteiger partial charge in [0, 0.05) is 19.2 Å². The van der Waals surface area contributed by atoms with Gasteiger partial charge in [0.05, 0.1) is 4.90 Å². The Morgan fingerprint density at radius 2 is 1.74 bits per heavy atom. The highest BCUT2D eigenvalue weighted by atomic mass is 32.2. The van der Waals surface area contributed by atoms with E-state index in [9.17, 15) is 13.2 Å². The number of nitrogens with zero attached hydrogens (tertiary/aromatic N) is 1. The number of sulfonamides is 1. The van der Waals surface area contributed by atoms with Crippen molar-refractivity contribution in [3.8, 4) is 0 Å². The fourth-order valence-electron chi connectivity index (χ4n) is 2.00. The zero-order chi connectivity index (χ0) is 13.9. The molecule has 0 saturated carbocycles. The van der Waals surface area contributed by atoms with Crippen molar-refractivity contribution in [2.45, 2.75) is 17.7 Å². The molecule has 0 aliphatic carbocycles. The van der Waals surface area contributed by atoms with Crippen LogP contribution in [0.15, 0.2) is 35.2 Å². The number of carboxylic acid groups (broad SMARTS) is 1. The monoisotopic (exact) mass is 281 g/mol. The summed E-state index contributed by atoms with van der Waals surface area (Å²) in [6.45, 7) is 1.14. The third kappa shape index (κ3) is 3.21. The first kappa shape index (κ1) is 13.8. The molecule has 1 N–H and O–H groups in total. The van der Waals surface area contributed by atoms with Crippen molar-refractivity contribution in [3.05, 3.63) is 35.9 Å². The van der Waals surface area contributed by atoms with Gasteiger partial charge < -0.3 is 5.11 Å². The van der Waals surface area contributed by atoms with Crippen LogP contribution in [0.5, 0.6) is 0 Å². The van der Waals surface area contributed by atoms with Crippen LogP contribution >= 0.6 is 0 Å². The van der Waals surface area contributed by atoms with Crippen molar-refractivity contribution in [2.24, 2.45) is 0 Å². The third-order valence-corrected chi connectivity index (χ3v) is 4.91. The molecule has 0 spiro atoms. The molecule has 1 aliphatic rings. The molecule has 0 bridgehead atoms. The molecule has 1 fully saturated rings. The molecule has 0 atom stereocenters. The Labute approximate surface area is 112 Å². The van der Waals surface area contributed by atoms with Gasteiger partial charge in [-0.15, -0.1) is 0 Å². The molecule has 102 valence electrons. The Balaban J connectivity index is 2.20. The molecule has 0 unspecified atom stereocenters. The number of rotatable bonds is 4. The summed E-state index contributed by atoms with van der Waals surface area (Å²) < 4.78 is 25.9. The molecule has 1 aliphatic heterocycles. The molecule has 1 heterocycles. The van der Waals surface area contributed by atoms with Crippen LogP contribution in [0.2, 0.25) is 0 Å². The van der Waals surface area contributed by atoms with Crippen molar-refractivity contribution >= 4 is 22.1 Å². The van der Waals surface area contributed by atoms with E-state index in [1.54, 1.807) is 12.1 Å². The van der Waals surface area contributed by atoms with E-state index in [0.717, 1.165) is 18.9 Å². The number of aliphatic carboxylic acids is 1. The van der Waals surface area contributed by atoms with Gasteiger partial charge in [-0.05, 0) is 36.6 Å². The fraction of sp³-hybridized carbons (Fsp3) is 0.308. The van der Waals surface area contributed by atoms with E-state index >= 15 is 0 Å². The van der Waals surface area contributed by atoms with Gasteiger partial charge in [0.1, 0.15) is 0 Å². The highest BCUT2D eigenvalue weighted by molar-refractivity contribution is 7.89. The molecule has 2 rings (SSSR count). The zero-order valence-corrected chi connectivity index (χ0v) is 11.1. The maximum atomic E-state index is 12.2. The predicted molar refractivity (Wildman–Crippen MR) is 71.1 cm³/mol. The summed E-state index contributed by atoms with van der Waals surface area (Å²) in [5, 5.41) is 8.51. The number of hydrogen-bond acceptors (Lipinski definition) is 3. The van der Waals surface area contributed by atoms with Crippen LogP contribution in [0.25, 0.3) is 6.08 Å². The summed E-state index contributed by atoms with van der Waals surface area (Å²) in [7, 11) is -3.39. The lowest BCUT2D eigenvalue weighted by molar-refractivity contribution is -0.131. The minimum absolute atomic E-state index is 0.252. The first-order valence-electron chi connectivity index (χ1n) is 6.01. The molecule has 1 saturated heterocycles. The lowest BCUT2D eigenvalue weighted by Gasteiger charge is -2.15. The smallest absolute Gasteiger partial charge is 0.328 e. The van der Waals surface area contributed by atoms with Crippen molar-refractivity contribution in [1.29, 1.82) is 0 Å². The Hall–Kier alpha value is -1.66. The number of carbonyl (C=O) groups is 1. The largest absolute Gasteiger partial charge is 0.478 e. The van der Waals surface area contributed by atoms with Gasteiger partial charge >= 0.3 is 5.97 Å². The van der Waals surface area contributed by atoms with Crippen molar-refractivity contribution in [3.63, 3.8) is 0 Å². The molecule has 5 nitrogen and oxygen atoms in total. The molecular weight excluding hydrogens is 266 g/mol. The zero-order valence-electron chi connectivity index (χ0n) is 10.3. The number of benzene rings is 1. The van der Waals surface area contributed by atoms with E-state index in [0.29, 0.717) is 18.7 Å². The lowest BCUT2D eigenvalue weighted by Crippen LogP contribution is -2.27. The van der Waals surface area contributed by atoms with Crippen LogP contribution in [0.3, 0.4) is 0 Å². The topological polar surface area (TPSA) is 74.7 Å². The second-order valence-corrected chi connectivity index (χ2v) is 6.29. The van der Waals surface area contributed by atoms with Crippen LogP contribution in [-0.2, 0) is 14.8 Å². The maximum absolute atomic E-state index is 12.2. The Kier molecular flexibility index (Phi) is 4.01. The van der Waals surface area contributed by atoms with Gasteiger partial charge in [-0.3, -0.25) is 0 Å². The molecule has 6 heteroatoms. The van der Waals surface area contributed by atoms with Crippen LogP contribution in [-0.4, -0.2) is 36.9 Å². The summed E-state index contributed by atoms with van der Waals surface area (Å²) in [6.07, 6.45) is 4.25. The quantitative estimate of drug-likeness (QED) is 0.850. The summed E-state index contributed by atoms with van der Waals surface area (Å²) in [4.78, 5) is 10.6. The third-order valence-electron chi connectivity index (χ3n) is 3.00. The Morgan fingerprint density at radius 3 is 2.26 bits per heavy atom. The highest BCUT2D eigenvalue weighted by Gasteiger charge is 2.26. The van der Waals surface area contributed by atoms with Gasteiger partial charge in [0.25, 0.3) is 0 Å². The van der Waals surface area contributed by atoms with E-state index in [2.05, 4.69) is 0 Å². The van der Waals surface area contributed by atoms with E-state index < -0.39 is 16.0 Å². The number of carboxylic acids is 1. The van der Waals surface area contributed by atoms with Crippen molar-refractivity contribution in [1.82, 2.24) is 4.31 Å².